The number of piperidine rings is 1. The van der Waals surface area contributed by atoms with Gasteiger partial charge in [-0.05, 0) is 71.2 Å². The molecule has 3 atom stereocenters. The number of nitrogens with zero attached hydrogens (tertiary/aromatic N) is 1. The first kappa shape index (κ1) is 26.1. The predicted octanol–water partition coefficient (Wildman–Crippen LogP) is 2.53. The number of likely N-dealkylation sites (tertiary alicyclic amines) is 1. The highest BCUT2D eigenvalue weighted by Gasteiger charge is 2.31. The maximum Gasteiger partial charge on any atom is 0.338 e. The predicted molar refractivity (Wildman–Crippen MR) is 127 cm³/mol. The van der Waals surface area contributed by atoms with Gasteiger partial charge >= 0.3 is 18.0 Å². The lowest BCUT2D eigenvalue weighted by Crippen LogP contribution is -2.50. The number of ether oxygens (including phenoxy) is 3. The molecule has 0 saturated carbocycles. The van der Waals surface area contributed by atoms with Crippen LogP contribution in [0, 0.1) is 0 Å². The highest BCUT2D eigenvalue weighted by molar-refractivity contribution is 5.95. The molecule has 1 aromatic rings. The average Bonchev–Trinajstić information content (AvgIpc) is 2.81. The Kier molecular flexibility index (Phi) is 8.73. The Morgan fingerprint density at radius 1 is 1.00 bits per heavy atom. The van der Waals surface area contributed by atoms with Gasteiger partial charge in [0.15, 0.2) is 6.61 Å². The Morgan fingerprint density at radius 3 is 2.29 bits per heavy atom. The molecule has 2 aliphatic rings. The van der Waals surface area contributed by atoms with Crippen molar-refractivity contribution in [2.45, 2.75) is 65.1 Å². The largest absolute Gasteiger partial charge is 0.484 e. The number of rotatable bonds is 8. The smallest absolute Gasteiger partial charge is 0.338 e. The Bertz CT molecular complexity index is 979. The van der Waals surface area contributed by atoms with E-state index in [1.54, 1.807) is 26.0 Å². The number of amides is 3. The summed E-state index contributed by atoms with van der Waals surface area (Å²) in [6.45, 7) is 7.22. The van der Waals surface area contributed by atoms with Crippen LogP contribution in [0.1, 0.15) is 57.3 Å². The van der Waals surface area contributed by atoms with E-state index in [-0.39, 0.29) is 54.6 Å². The van der Waals surface area contributed by atoms with Crippen LogP contribution >= 0.6 is 0 Å². The minimum atomic E-state index is -0.639. The minimum Gasteiger partial charge on any atom is -0.484 e. The fourth-order valence-corrected chi connectivity index (χ4v) is 4.43. The van der Waals surface area contributed by atoms with E-state index >= 15 is 0 Å². The van der Waals surface area contributed by atoms with Gasteiger partial charge in [0.2, 0.25) is 0 Å². The van der Waals surface area contributed by atoms with Crippen LogP contribution in [0.5, 0.6) is 5.75 Å². The van der Waals surface area contributed by atoms with Crippen LogP contribution in [0.4, 0.5) is 4.79 Å². The van der Waals surface area contributed by atoms with Crippen LogP contribution in [0.2, 0.25) is 0 Å². The maximum atomic E-state index is 12.6. The second-order valence-corrected chi connectivity index (χ2v) is 8.75. The molecule has 2 N–H and O–H groups in total. The molecule has 2 aliphatic heterocycles. The molecule has 1 fully saturated rings. The minimum absolute atomic E-state index is 0.0582. The molecule has 190 valence electrons. The van der Waals surface area contributed by atoms with E-state index in [2.05, 4.69) is 24.5 Å². The quantitative estimate of drug-likeness (QED) is 0.540. The maximum absolute atomic E-state index is 12.6. The number of carbonyl (C=O) groups is 4. The number of hydrogen-bond acceptors (Lipinski definition) is 7. The van der Waals surface area contributed by atoms with Gasteiger partial charge in [-0.1, -0.05) is 0 Å². The standard InChI is InChI=1S/C25H33N3O7/c1-5-33-24(31)22-17(4)26-25(32)27-20(22)13-35-23(30)18-9-11-19(12-10-18)34-14-21(29)28-15(2)7-6-8-16(28)3/h9-12,15-17H,5-8,13-14H2,1-4H3,(H2,26,27,32). The molecule has 2 heterocycles. The van der Waals surface area contributed by atoms with Gasteiger partial charge in [0.05, 0.1) is 29.5 Å². The summed E-state index contributed by atoms with van der Waals surface area (Å²) in [5.74, 6) is -0.834. The zero-order valence-corrected chi connectivity index (χ0v) is 20.6. The van der Waals surface area contributed by atoms with Gasteiger partial charge in [0.25, 0.3) is 5.91 Å². The van der Waals surface area contributed by atoms with Crippen molar-refractivity contribution in [3.63, 3.8) is 0 Å². The molecule has 3 unspecified atom stereocenters. The Labute approximate surface area is 205 Å². The monoisotopic (exact) mass is 487 g/mol. The van der Waals surface area contributed by atoms with E-state index in [4.69, 9.17) is 14.2 Å². The molecule has 10 heteroatoms. The van der Waals surface area contributed by atoms with E-state index in [0.717, 1.165) is 19.3 Å². The van der Waals surface area contributed by atoms with E-state index in [1.807, 2.05) is 4.90 Å². The van der Waals surface area contributed by atoms with Crippen LogP contribution in [-0.4, -0.2) is 66.7 Å². The lowest BCUT2D eigenvalue weighted by Gasteiger charge is -2.38. The molecule has 0 radical (unpaired) electrons. The van der Waals surface area contributed by atoms with Crippen molar-refractivity contribution in [1.29, 1.82) is 0 Å². The molecule has 0 aliphatic carbocycles. The number of benzene rings is 1. The van der Waals surface area contributed by atoms with Crippen molar-refractivity contribution in [2.75, 3.05) is 19.8 Å². The third-order valence-corrected chi connectivity index (χ3v) is 6.15. The number of urea groups is 1. The molecule has 3 amide bonds. The number of hydrogen-bond donors (Lipinski definition) is 2. The summed E-state index contributed by atoms with van der Waals surface area (Å²) in [5.41, 5.74) is 0.631. The zero-order valence-electron chi connectivity index (χ0n) is 20.6. The van der Waals surface area contributed by atoms with Crippen LogP contribution < -0.4 is 15.4 Å². The molecule has 35 heavy (non-hydrogen) atoms. The highest BCUT2D eigenvalue weighted by atomic mass is 16.5. The zero-order chi connectivity index (χ0) is 25.5. The van der Waals surface area contributed by atoms with Crippen LogP contribution in [0.3, 0.4) is 0 Å². The molecule has 0 aromatic heterocycles. The molecule has 0 bridgehead atoms. The molecule has 1 aromatic carbocycles. The molecule has 0 spiro atoms. The average molecular weight is 488 g/mol. The fourth-order valence-electron chi connectivity index (χ4n) is 4.43. The van der Waals surface area contributed by atoms with Gasteiger partial charge in [-0.3, -0.25) is 4.79 Å². The summed E-state index contributed by atoms with van der Waals surface area (Å²) in [4.78, 5) is 51.1. The van der Waals surface area contributed by atoms with E-state index < -0.39 is 24.0 Å². The Hall–Kier alpha value is -3.56. The Balaban J connectivity index is 1.57. The summed E-state index contributed by atoms with van der Waals surface area (Å²) in [7, 11) is 0. The van der Waals surface area contributed by atoms with E-state index in [1.165, 1.54) is 12.1 Å². The fraction of sp³-hybridized carbons (Fsp3) is 0.520. The third-order valence-electron chi connectivity index (χ3n) is 6.15. The van der Waals surface area contributed by atoms with Gasteiger partial charge in [-0.25, -0.2) is 14.4 Å². The molecule has 1 saturated heterocycles. The van der Waals surface area contributed by atoms with Crippen molar-refractivity contribution < 1.29 is 33.4 Å². The van der Waals surface area contributed by atoms with Crippen LogP contribution in [0.15, 0.2) is 35.5 Å². The summed E-state index contributed by atoms with van der Waals surface area (Å²) in [5, 5.41) is 5.09. The van der Waals surface area contributed by atoms with Crippen molar-refractivity contribution >= 4 is 23.9 Å². The second-order valence-electron chi connectivity index (χ2n) is 8.75. The number of carbonyl (C=O) groups excluding carboxylic acids is 4. The first-order valence-electron chi connectivity index (χ1n) is 11.9. The number of nitrogens with one attached hydrogen (secondary N) is 2. The van der Waals surface area contributed by atoms with Gasteiger partial charge in [0, 0.05) is 12.1 Å². The van der Waals surface area contributed by atoms with Gasteiger partial charge in [-0.2, -0.15) is 0 Å². The van der Waals surface area contributed by atoms with E-state index in [9.17, 15) is 19.2 Å². The normalized spacial score (nSPS) is 22.1. The summed E-state index contributed by atoms with van der Waals surface area (Å²) in [6, 6.07) is 5.53. The summed E-state index contributed by atoms with van der Waals surface area (Å²) in [6.07, 6.45) is 3.10. The summed E-state index contributed by atoms with van der Waals surface area (Å²) >= 11 is 0. The first-order chi connectivity index (χ1) is 16.7. The molecular weight excluding hydrogens is 454 g/mol. The molecule has 3 rings (SSSR count). The van der Waals surface area contributed by atoms with E-state index in [0.29, 0.717) is 5.75 Å². The number of esters is 2. The van der Waals surface area contributed by atoms with Gasteiger partial charge in [-0.15, -0.1) is 0 Å². The van der Waals surface area contributed by atoms with Crippen LogP contribution in [0.25, 0.3) is 0 Å². The lowest BCUT2D eigenvalue weighted by molar-refractivity contribution is -0.140. The topological polar surface area (TPSA) is 123 Å². The van der Waals surface area contributed by atoms with Crippen molar-refractivity contribution in [3.8, 4) is 5.75 Å². The third kappa shape index (κ3) is 6.52. The van der Waals surface area contributed by atoms with Crippen molar-refractivity contribution in [2.24, 2.45) is 0 Å². The van der Waals surface area contributed by atoms with Crippen LogP contribution in [-0.2, 0) is 19.1 Å². The van der Waals surface area contributed by atoms with Crippen molar-refractivity contribution in [1.82, 2.24) is 15.5 Å². The SMILES string of the molecule is CCOC(=O)C1=C(COC(=O)c2ccc(OCC(=O)N3C(C)CCCC3C)cc2)NC(=O)NC1C. The molecular formula is C25H33N3O7. The van der Waals surface area contributed by atoms with Gasteiger partial charge < -0.3 is 29.7 Å². The summed E-state index contributed by atoms with van der Waals surface area (Å²) < 4.78 is 16.0. The van der Waals surface area contributed by atoms with Gasteiger partial charge in [0.1, 0.15) is 12.4 Å². The first-order valence-corrected chi connectivity index (χ1v) is 11.9. The highest BCUT2D eigenvalue weighted by Crippen LogP contribution is 2.23. The lowest BCUT2D eigenvalue weighted by atomic mass is 9.97. The second kappa shape index (κ2) is 11.7. The molecule has 10 nitrogen and oxygen atoms in total. The van der Waals surface area contributed by atoms with Crippen molar-refractivity contribution in [3.05, 3.63) is 41.1 Å². The Morgan fingerprint density at radius 2 is 1.66 bits per heavy atom.